The zero-order valence-corrected chi connectivity index (χ0v) is 11.1. The van der Waals surface area contributed by atoms with E-state index in [0.29, 0.717) is 20.4 Å². The van der Waals surface area contributed by atoms with Crippen molar-refractivity contribution in [2.24, 2.45) is 0 Å². The molecule has 0 saturated carbocycles. The van der Waals surface area contributed by atoms with Gasteiger partial charge in [-0.15, -0.1) is 0 Å². The zero-order valence-electron chi connectivity index (χ0n) is 7.98. The van der Waals surface area contributed by atoms with Crippen molar-refractivity contribution >= 4 is 48.8 Å². The molecule has 0 fully saturated rings. The molecule has 1 aromatic heterocycles. The topological polar surface area (TPSA) is 88.6 Å². The van der Waals surface area contributed by atoms with Crippen LogP contribution in [0.3, 0.4) is 0 Å². The number of hydrogen-bond acceptors (Lipinski definition) is 4. The van der Waals surface area contributed by atoms with Gasteiger partial charge < -0.3 is 9.87 Å². The molecule has 0 aliphatic heterocycles. The maximum Gasteiger partial charge on any atom is 0.432 e. The lowest BCUT2D eigenvalue weighted by atomic mass is 10.2. The number of benzene rings is 1. The Morgan fingerprint density at radius 1 is 1.41 bits per heavy atom. The second kappa shape index (κ2) is 4.46. The predicted octanol–water partition coefficient (Wildman–Crippen LogP) is 2.70. The van der Waals surface area contributed by atoms with Crippen LogP contribution in [-0.2, 0) is 14.7 Å². The number of H-pyrrole nitrogens is 1. The molecule has 0 bridgehead atoms. The third-order valence-electron chi connectivity index (χ3n) is 1.89. The molecule has 0 amide bonds. The van der Waals surface area contributed by atoms with E-state index in [1.54, 1.807) is 12.1 Å². The highest BCUT2D eigenvalue weighted by Crippen LogP contribution is 2.33. The molecular weight excluding hydrogens is 338 g/mol. The maximum atomic E-state index is 10.4. The van der Waals surface area contributed by atoms with Crippen LogP contribution in [-0.4, -0.2) is 18.0 Å². The van der Waals surface area contributed by atoms with Crippen molar-refractivity contribution in [1.82, 2.24) is 4.98 Å². The van der Waals surface area contributed by atoms with Crippen molar-refractivity contribution < 1.29 is 22.2 Å². The number of aromatic nitrogens is 1. The molecule has 17 heavy (non-hydrogen) atoms. The van der Waals surface area contributed by atoms with Gasteiger partial charge in [0.15, 0.2) is 5.75 Å². The average molecular weight is 343 g/mol. The quantitative estimate of drug-likeness (QED) is 0.508. The van der Waals surface area contributed by atoms with Gasteiger partial charge in [-0.3, -0.25) is 4.55 Å². The highest BCUT2D eigenvalue weighted by atomic mass is 79.9. The van der Waals surface area contributed by atoms with Gasteiger partial charge in [0, 0.05) is 16.1 Å². The summed E-state index contributed by atoms with van der Waals surface area (Å²) in [4.78, 5) is 7.29. The van der Waals surface area contributed by atoms with E-state index < -0.39 is 10.4 Å². The van der Waals surface area contributed by atoms with Crippen LogP contribution in [0.2, 0.25) is 5.02 Å². The summed E-state index contributed by atoms with van der Waals surface area (Å²) < 4.78 is 33.5. The van der Waals surface area contributed by atoms with Gasteiger partial charge >= 0.3 is 10.4 Å². The fourth-order valence-corrected chi connectivity index (χ4v) is 1.91. The predicted molar refractivity (Wildman–Crippen MR) is 64.3 cm³/mol. The molecule has 92 valence electrons. The molecule has 0 spiro atoms. The van der Waals surface area contributed by atoms with Crippen LogP contribution in [0.25, 0.3) is 10.9 Å². The molecular formula is C8H5BrClNO5S. The van der Waals surface area contributed by atoms with Gasteiger partial charge in [-0.25, -0.2) is 0 Å². The summed E-state index contributed by atoms with van der Waals surface area (Å²) in [5.41, 5.74) is 0.632. The smallest absolute Gasteiger partial charge is 0.358 e. The summed E-state index contributed by atoms with van der Waals surface area (Å²) in [6.07, 6.45) is 1.37. The van der Waals surface area contributed by atoms with Gasteiger partial charge in [-0.2, -0.15) is 8.42 Å². The third kappa shape index (κ3) is 2.90. The summed E-state index contributed by atoms with van der Waals surface area (Å²) >= 11 is 9.09. The molecule has 2 rings (SSSR count). The van der Waals surface area contributed by atoms with Crippen LogP contribution in [0, 0.1) is 0 Å². The molecule has 6 nitrogen and oxygen atoms in total. The van der Waals surface area contributed by atoms with Gasteiger partial charge in [0.05, 0.1) is 10.5 Å². The van der Waals surface area contributed by atoms with Gasteiger partial charge in [-0.1, -0.05) is 11.6 Å². The summed E-state index contributed by atoms with van der Waals surface area (Å²) in [7, 11) is -4.66. The molecule has 2 N–H and O–H groups in total. The van der Waals surface area contributed by atoms with Crippen LogP contribution in [0.1, 0.15) is 0 Å². The standard InChI is InChI=1S/C8H5BrClNO5S/c9-5-1-4-7(2-6(5)10)11-3-8(4)15-16-17(12,13)14/h1-3,11H,(H,12,13,14). The first kappa shape index (κ1) is 12.7. The summed E-state index contributed by atoms with van der Waals surface area (Å²) in [6.45, 7) is 0. The average Bonchev–Trinajstić information content (AvgIpc) is 2.57. The second-order valence-electron chi connectivity index (χ2n) is 3.04. The van der Waals surface area contributed by atoms with Crippen molar-refractivity contribution in [3.63, 3.8) is 0 Å². The second-order valence-corrected chi connectivity index (χ2v) is 5.30. The van der Waals surface area contributed by atoms with E-state index in [1.807, 2.05) is 0 Å². The maximum absolute atomic E-state index is 10.4. The van der Waals surface area contributed by atoms with E-state index >= 15 is 0 Å². The first-order valence-electron chi connectivity index (χ1n) is 4.16. The van der Waals surface area contributed by atoms with E-state index in [0.717, 1.165) is 0 Å². The molecule has 0 atom stereocenters. The first-order valence-corrected chi connectivity index (χ1v) is 6.70. The van der Waals surface area contributed by atoms with E-state index in [4.69, 9.17) is 16.2 Å². The fourth-order valence-electron chi connectivity index (χ4n) is 1.24. The van der Waals surface area contributed by atoms with E-state index in [1.165, 1.54) is 6.20 Å². The van der Waals surface area contributed by atoms with Crippen LogP contribution >= 0.6 is 27.5 Å². The molecule has 0 unspecified atom stereocenters. The Kier molecular flexibility index (Phi) is 3.32. The molecule has 9 heteroatoms. The minimum absolute atomic E-state index is 0.106. The molecule has 0 aliphatic carbocycles. The largest absolute Gasteiger partial charge is 0.432 e. The molecule has 1 aromatic carbocycles. The Hall–Kier alpha value is -0.800. The van der Waals surface area contributed by atoms with Crippen LogP contribution in [0.5, 0.6) is 5.75 Å². The van der Waals surface area contributed by atoms with Crippen LogP contribution in [0.15, 0.2) is 22.8 Å². The van der Waals surface area contributed by atoms with Crippen molar-refractivity contribution in [2.75, 3.05) is 0 Å². The summed E-state index contributed by atoms with van der Waals surface area (Å²) in [6, 6.07) is 3.25. The lowest BCUT2D eigenvalue weighted by Crippen LogP contribution is -2.06. The number of nitrogens with one attached hydrogen (secondary N) is 1. The van der Waals surface area contributed by atoms with E-state index in [-0.39, 0.29) is 5.75 Å². The molecule has 0 radical (unpaired) electrons. The highest BCUT2D eigenvalue weighted by Gasteiger charge is 2.12. The summed E-state index contributed by atoms with van der Waals surface area (Å²) in [5, 5.41) is 1.03. The Labute approximate surface area is 109 Å². The van der Waals surface area contributed by atoms with Crippen molar-refractivity contribution in [2.45, 2.75) is 0 Å². The molecule has 1 heterocycles. The van der Waals surface area contributed by atoms with Crippen molar-refractivity contribution in [3.8, 4) is 5.75 Å². The number of hydrogen-bond donors (Lipinski definition) is 2. The highest BCUT2D eigenvalue weighted by molar-refractivity contribution is 9.10. The first-order chi connectivity index (χ1) is 7.87. The minimum atomic E-state index is -4.66. The number of rotatable bonds is 3. The Bertz CT molecular complexity index is 668. The van der Waals surface area contributed by atoms with E-state index in [9.17, 15) is 8.42 Å². The van der Waals surface area contributed by atoms with Crippen molar-refractivity contribution in [1.29, 1.82) is 0 Å². The zero-order chi connectivity index (χ0) is 12.6. The van der Waals surface area contributed by atoms with Gasteiger partial charge in [0.1, 0.15) is 0 Å². The van der Waals surface area contributed by atoms with Gasteiger partial charge in [-0.05, 0) is 32.4 Å². The molecule has 2 aromatic rings. The molecule has 0 aliphatic rings. The SMILES string of the molecule is O=S(=O)(O)OOc1c[nH]c2cc(Cl)c(Br)cc12. The molecule has 0 saturated heterocycles. The van der Waals surface area contributed by atoms with Gasteiger partial charge in [0.25, 0.3) is 0 Å². The van der Waals surface area contributed by atoms with Crippen LogP contribution < -0.4 is 4.89 Å². The number of halogens is 2. The Morgan fingerprint density at radius 2 is 2.12 bits per heavy atom. The number of aromatic amines is 1. The van der Waals surface area contributed by atoms with Crippen LogP contribution in [0.4, 0.5) is 0 Å². The summed E-state index contributed by atoms with van der Waals surface area (Å²) in [5.74, 6) is 0.106. The third-order valence-corrected chi connectivity index (χ3v) is 3.33. The minimum Gasteiger partial charge on any atom is -0.358 e. The monoisotopic (exact) mass is 341 g/mol. The lowest BCUT2D eigenvalue weighted by Gasteiger charge is -2.00. The lowest BCUT2D eigenvalue weighted by molar-refractivity contribution is -0.101. The number of fused-ring (bicyclic) bond motifs is 1. The fraction of sp³-hybridized carbons (Fsp3) is 0. The van der Waals surface area contributed by atoms with Crippen molar-refractivity contribution in [3.05, 3.63) is 27.8 Å². The normalized spacial score (nSPS) is 11.9. The Balaban J connectivity index is 2.39. The Morgan fingerprint density at radius 3 is 2.76 bits per heavy atom. The van der Waals surface area contributed by atoms with E-state index in [2.05, 4.69) is 30.1 Å². The van der Waals surface area contributed by atoms with Gasteiger partial charge in [0.2, 0.25) is 0 Å².